The first kappa shape index (κ1) is 15.7. The van der Waals surface area contributed by atoms with Gasteiger partial charge in [-0.2, -0.15) is 0 Å². The molecule has 1 aliphatic rings. The lowest BCUT2D eigenvalue weighted by molar-refractivity contribution is -0.122. The highest BCUT2D eigenvalue weighted by molar-refractivity contribution is 5.78. The smallest absolute Gasteiger partial charge is 0.234 e. The van der Waals surface area contributed by atoms with Crippen LogP contribution in [0.5, 0.6) is 0 Å². The van der Waals surface area contributed by atoms with Crippen LogP contribution in [-0.4, -0.2) is 35.4 Å². The van der Waals surface area contributed by atoms with Crippen molar-refractivity contribution in [3.8, 4) is 0 Å². The largest absolute Gasteiger partial charge is 0.351 e. The van der Waals surface area contributed by atoms with Crippen molar-refractivity contribution >= 4 is 5.91 Å². The van der Waals surface area contributed by atoms with Gasteiger partial charge in [-0.1, -0.05) is 29.8 Å². The molecule has 0 saturated carbocycles. The fraction of sp³-hybridized carbons (Fsp3) is 0.368. The molecule has 1 aromatic heterocycles. The highest BCUT2D eigenvalue weighted by Crippen LogP contribution is 2.26. The predicted molar refractivity (Wildman–Crippen MR) is 91.1 cm³/mol. The molecule has 2 heterocycles. The van der Waals surface area contributed by atoms with Crippen LogP contribution in [0.2, 0.25) is 0 Å². The first-order valence-corrected chi connectivity index (χ1v) is 8.15. The number of pyridine rings is 1. The van der Waals surface area contributed by atoms with Gasteiger partial charge in [-0.25, -0.2) is 0 Å². The van der Waals surface area contributed by atoms with E-state index in [2.05, 4.69) is 46.4 Å². The number of carbonyl (C=O) groups is 1. The highest BCUT2D eigenvalue weighted by Gasteiger charge is 2.24. The van der Waals surface area contributed by atoms with Crippen molar-refractivity contribution in [1.82, 2.24) is 15.2 Å². The highest BCUT2D eigenvalue weighted by atomic mass is 16.2. The Bertz CT molecular complexity index is 657. The summed E-state index contributed by atoms with van der Waals surface area (Å²) in [6.45, 7) is 5.07. The molecule has 0 bridgehead atoms. The molecule has 1 amide bonds. The van der Waals surface area contributed by atoms with E-state index in [0.717, 1.165) is 25.1 Å². The Morgan fingerprint density at radius 2 is 2.13 bits per heavy atom. The molecule has 1 saturated heterocycles. The maximum absolute atomic E-state index is 12.1. The second-order valence-electron chi connectivity index (χ2n) is 6.27. The molecule has 4 nitrogen and oxygen atoms in total. The minimum Gasteiger partial charge on any atom is -0.351 e. The van der Waals surface area contributed by atoms with E-state index >= 15 is 0 Å². The van der Waals surface area contributed by atoms with E-state index in [4.69, 9.17) is 0 Å². The van der Waals surface area contributed by atoms with Gasteiger partial charge in [0.25, 0.3) is 0 Å². The Kier molecular flexibility index (Phi) is 5.03. The molecular weight excluding hydrogens is 286 g/mol. The predicted octanol–water partition coefficient (Wildman–Crippen LogP) is 2.50. The van der Waals surface area contributed by atoms with Gasteiger partial charge in [0.15, 0.2) is 0 Å². The van der Waals surface area contributed by atoms with Gasteiger partial charge < -0.3 is 5.32 Å². The molecule has 4 heteroatoms. The first-order chi connectivity index (χ1) is 11.2. The molecular formula is C19H23N3O. The third kappa shape index (κ3) is 4.39. The zero-order valence-electron chi connectivity index (χ0n) is 13.5. The zero-order valence-corrected chi connectivity index (χ0v) is 13.5. The molecule has 1 aliphatic heterocycles. The monoisotopic (exact) mass is 309 g/mol. The molecule has 1 N–H and O–H groups in total. The molecule has 0 spiro atoms. The number of hydrogen-bond acceptors (Lipinski definition) is 3. The Labute approximate surface area is 137 Å². The topological polar surface area (TPSA) is 45.2 Å². The summed E-state index contributed by atoms with van der Waals surface area (Å²) in [6.07, 6.45) is 4.79. The van der Waals surface area contributed by atoms with Crippen molar-refractivity contribution in [2.24, 2.45) is 0 Å². The van der Waals surface area contributed by atoms with Crippen LogP contribution in [0.25, 0.3) is 0 Å². The second kappa shape index (κ2) is 7.38. The SMILES string of the molecule is Cc1cccc(CNC(=O)CN2CC[C@H](c3ccncc3)C2)c1. The van der Waals surface area contributed by atoms with E-state index in [0.29, 0.717) is 19.0 Å². The van der Waals surface area contributed by atoms with Gasteiger partial charge in [0, 0.05) is 25.5 Å². The summed E-state index contributed by atoms with van der Waals surface area (Å²) in [6, 6.07) is 12.4. The van der Waals surface area contributed by atoms with E-state index in [1.165, 1.54) is 11.1 Å². The summed E-state index contributed by atoms with van der Waals surface area (Å²) < 4.78 is 0. The molecule has 3 rings (SSSR count). The second-order valence-corrected chi connectivity index (χ2v) is 6.27. The van der Waals surface area contributed by atoms with Crippen molar-refractivity contribution in [3.63, 3.8) is 0 Å². The minimum atomic E-state index is 0.0990. The summed E-state index contributed by atoms with van der Waals surface area (Å²) in [5, 5.41) is 3.02. The number of hydrogen-bond donors (Lipinski definition) is 1. The molecule has 0 aliphatic carbocycles. The van der Waals surface area contributed by atoms with Crippen LogP contribution in [0.3, 0.4) is 0 Å². The first-order valence-electron chi connectivity index (χ1n) is 8.15. The summed E-state index contributed by atoms with van der Waals surface area (Å²) in [5.41, 5.74) is 3.69. The van der Waals surface area contributed by atoms with Crippen LogP contribution in [0.1, 0.15) is 29.0 Å². The number of aryl methyl sites for hydroxylation is 1. The van der Waals surface area contributed by atoms with Gasteiger partial charge in [-0.3, -0.25) is 14.7 Å². The zero-order chi connectivity index (χ0) is 16.1. The number of rotatable bonds is 5. The molecule has 1 aromatic carbocycles. The number of carbonyl (C=O) groups excluding carboxylic acids is 1. The summed E-state index contributed by atoms with van der Waals surface area (Å²) in [5.74, 6) is 0.615. The van der Waals surface area contributed by atoms with E-state index < -0.39 is 0 Å². The fourth-order valence-electron chi connectivity index (χ4n) is 3.17. The molecule has 120 valence electrons. The maximum Gasteiger partial charge on any atom is 0.234 e. The van der Waals surface area contributed by atoms with E-state index in [9.17, 15) is 4.79 Å². The third-order valence-electron chi connectivity index (χ3n) is 4.39. The van der Waals surface area contributed by atoms with Crippen molar-refractivity contribution in [2.45, 2.75) is 25.8 Å². The van der Waals surface area contributed by atoms with Crippen LogP contribution in [0, 0.1) is 6.92 Å². The van der Waals surface area contributed by atoms with Crippen LogP contribution in [-0.2, 0) is 11.3 Å². The number of nitrogens with one attached hydrogen (secondary N) is 1. The number of likely N-dealkylation sites (tertiary alicyclic amines) is 1. The Morgan fingerprint density at radius 1 is 1.30 bits per heavy atom. The summed E-state index contributed by atoms with van der Waals surface area (Å²) in [4.78, 5) is 18.4. The van der Waals surface area contributed by atoms with Gasteiger partial charge in [-0.15, -0.1) is 0 Å². The summed E-state index contributed by atoms with van der Waals surface area (Å²) >= 11 is 0. The van der Waals surface area contributed by atoms with Crippen molar-refractivity contribution < 1.29 is 4.79 Å². The number of nitrogens with zero attached hydrogens (tertiary/aromatic N) is 2. The Morgan fingerprint density at radius 3 is 2.91 bits per heavy atom. The maximum atomic E-state index is 12.1. The number of amides is 1. The Balaban J connectivity index is 1.46. The minimum absolute atomic E-state index is 0.0990. The van der Waals surface area contributed by atoms with Gasteiger partial charge in [0.05, 0.1) is 6.54 Å². The van der Waals surface area contributed by atoms with Crippen molar-refractivity contribution in [1.29, 1.82) is 0 Å². The van der Waals surface area contributed by atoms with Gasteiger partial charge >= 0.3 is 0 Å². The van der Waals surface area contributed by atoms with Gasteiger partial charge in [0.1, 0.15) is 0 Å². The number of benzene rings is 1. The van der Waals surface area contributed by atoms with E-state index in [1.54, 1.807) is 0 Å². The van der Waals surface area contributed by atoms with Gasteiger partial charge in [-0.05, 0) is 49.1 Å². The quantitative estimate of drug-likeness (QED) is 0.923. The number of aromatic nitrogens is 1. The van der Waals surface area contributed by atoms with Crippen LogP contribution in [0.15, 0.2) is 48.8 Å². The van der Waals surface area contributed by atoms with E-state index in [-0.39, 0.29) is 5.91 Å². The van der Waals surface area contributed by atoms with Crippen molar-refractivity contribution in [3.05, 3.63) is 65.5 Å². The van der Waals surface area contributed by atoms with Crippen LogP contribution >= 0.6 is 0 Å². The molecule has 0 radical (unpaired) electrons. The average molecular weight is 309 g/mol. The fourth-order valence-corrected chi connectivity index (χ4v) is 3.17. The lowest BCUT2D eigenvalue weighted by atomic mass is 10.00. The van der Waals surface area contributed by atoms with E-state index in [1.807, 2.05) is 24.5 Å². The van der Waals surface area contributed by atoms with Crippen molar-refractivity contribution in [2.75, 3.05) is 19.6 Å². The molecule has 1 atom stereocenters. The lowest BCUT2D eigenvalue weighted by Crippen LogP contribution is -2.35. The molecule has 0 unspecified atom stereocenters. The molecule has 1 fully saturated rings. The molecule has 23 heavy (non-hydrogen) atoms. The average Bonchev–Trinajstić information content (AvgIpc) is 3.02. The molecule has 2 aromatic rings. The normalized spacial score (nSPS) is 18.0. The van der Waals surface area contributed by atoms with Gasteiger partial charge in [0.2, 0.25) is 5.91 Å². The third-order valence-corrected chi connectivity index (χ3v) is 4.39. The summed E-state index contributed by atoms with van der Waals surface area (Å²) in [7, 11) is 0. The Hall–Kier alpha value is -2.20. The lowest BCUT2D eigenvalue weighted by Gasteiger charge is -2.16. The van der Waals surface area contributed by atoms with Crippen LogP contribution < -0.4 is 5.32 Å². The van der Waals surface area contributed by atoms with Crippen LogP contribution in [0.4, 0.5) is 0 Å². The standard InChI is InChI=1S/C19H23N3O/c1-15-3-2-4-16(11-15)12-21-19(23)14-22-10-7-18(13-22)17-5-8-20-9-6-17/h2-6,8-9,11,18H,7,10,12-14H2,1H3,(H,21,23)/t18-/m0/s1.